The topological polar surface area (TPSA) is 29.5 Å². The fourth-order valence-corrected chi connectivity index (χ4v) is 3.15. The first kappa shape index (κ1) is 12.2. The van der Waals surface area contributed by atoms with E-state index in [9.17, 15) is 5.11 Å². The number of aliphatic hydroxyl groups is 1. The molecule has 2 aliphatic rings. The van der Waals surface area contributed by atoms with Crippen LogP contribution in [-0.4, -0.2) is 17.8 Å². The molecule has 18 heavy (non-hydrogen) atoms. The molecule has 0 radical (unpaired) electrons. The van der Waals surface area contributed by atoms with Gasteiger partial charge in [-0.2, -0.15) is 0 Å². The summed E-state index contributed by atoms with van der Waals surface area (Å²) in [5.41, 5.74) is 2.48. The average Bonchev–Trinajstić information content (AvgIpc) is 2.73. The zero-order valence-corrected chi connectivity index (χ0v) is 11.0. The standard InChI is InChI=1S/C16H22O2/c1-11-15(8-9-18-11)16(17)14-7-3-6-13(10-14)12-4-2-5-12/h3,6-7,10-12,15-17H,2,4-5,8-9H2,1H3. The van der Waals surface area contributed by atoms with Crippen LogP contribution >= 0.6 is 0 Å². The van der Waals surface area contributed by atoms with Gasteiger partial charge in [-0.15, -0.1) is 0 Å². The first-order valence-electron chi connectivity index (χ1n) is 7.15. The first-order chi connectivity index (χ1) is 8.75. The van der Waals surface area contributed by atoms with E-state index in [-0.39, 0.29) is 18.1 Å². The van der Waals surface area contributed by atoms with Crippen LogP contribution in [0.3, 0.4) is 0 Å². The van der Waals surface area contributed by atoms with Crippen molar-refractivity contribution in [3.05, 3.63) is 35.4 Å². The third-order valence-corrected chi connectivity index (χ3v) is 4.67. The molecule has 1 saturated carbocycles. The highest BCUT2D eigenvalue weighted by molar-refractivity contribution is 5.29. The highest BCUT2D eigenvalue weighted by Gasteiger charge is 2.32. The Morgan fingerprint density at radius 1 is 1.28 bits per heavy atom. The van der Waals surface area contributed by atoms with Crippen molar-refractivity contribution in [3.8, 4) is 0 Å². The molecule has 1 saturated heterocycles. The van der Waals surface area contributed by atoms with E-state index in [0.29, 0.717) is 0 Å². The van der Waals surface area contributed by atoms with Crippen molar-refractivity contribution >= 4 is 0 Å². The molecule has 1 aliphatic heterocycles. The summed E-state index contributed by atoms with van der Waals surface area (Å²) in [4.78, 5) is 0. The van der Waals surface area contributed by atoms with Crippen LogP contribution in [0.2, 0.25) is 0 Å². The van der Waals surface area contributed by atoms with Gasteiger partial charge < -0.3 is 9.84 Å². The number of ether oxygens (including phenoxy) is 1. The maximum Gasteiger partial charge on any atom is 0.0843 e. The Morgan fingerprint density at radius 3 is 2.72 bits per heavy atom. The highest BCUT2D eigenvalue weighted by atomic mass is 16.5. The lowest BCUT2D eigenvalue weighted by molar-refractivity contribution is 0.0431. The quantitative estimate of drug-likeness (QED) is 0.885. The summed E-state index contributed by atoms with van der Waals surface area (Å²) >= 11 is 0. The van der Waals surface area contributed by atoms with E-state index in [1.165, 1.54) is 24.8 Å². The number of benzene rings is 1. The normalized spacial score (nSPS) is 30.1. The Labute approximate surface area is 109 Å². The fourth-order valence-electron chi connectivity index (χ4n) is 3.15. The first-order valence-corrected chi connectivity index (χ1v) is 7.15. The van der Waals surface area contributed by atoms with Crippen LogP contribution in [0.5, 0.6) is 0 Å². The molecule has 2 nitrogen and oxygen atoms in total. The zero-order chi connectivity index (χ0) is 12.5. The van der Waals surface area contributed by atoms with Gasteiger partial charge in [0.15, 0.2) is 0 Å². The van der Waals surface area contributed by atoms with E-state index in [4.69, 9.17) is 4.74 Å². The van der Waals surface area contributed by atoms with E-state index in [0.717, 1.165) is 24.5 Å². The molecule has 1 aromatic rings. The maximum atomic E-state index is 10.5. The molecule has 3 rings (SSSR count). The van der Waals surface area contributed by atoms with Gasteiger partial charge in [-0.05, 0) is 43.2 Å². The molecule has 0 aromatic heterocycles. The van der Waals surface area contributed by atoms with Crippen LogP contribution in [0.1, 0.15) is 55.8 Å². The molecule has 98 valence electrons. The molecule has 1 heterocycles. The predicted octanol–water partition coefficient (Wildman–Crippen LogP) is 3.41. The molecule has 0 amide bonds. The lowest BCUT2D eigenvalue weighted by atomic mass is 9.79. The molecular weight excluding hydrogens is 224 g/mol. The molecule has 0 bridgehead atoms. The Hall–Kier alpha value is -0.860. The fraction of sp³-hybridized carbons (Fsp3) is 0.625. The third kappa shape index (κ3) is 2.19. The summed E-state index contributed by atoms with van der Waals surface area (Å²) in [6.07, 6.45) is 4.74. The Morgan fingerprint density at radius 2 is 2.11 bits per heavy atom. The second kappa shape index (κ2) is 5.02. The van der Waals surface area contributed by atoms with Crippen molar-refractivity contribution in [2.45, 2.75) is 50.7 Å². The molecule has 2 fully saturated rings. The monoisotopic (exact) mass is 246 g/mol. The van der Waals surface area contributed by atoms with Crippen LogP contribution < -0.4 is 0 Å². The largest absolute Gasteiger partial charge is 0.388 e. The average molecular weight is 246 g/mol. The Kier molecular flexibility index (Phi) is 3.40. The zero-order valence-electron chi connectivity index (χ0n) is 11.0. The van der Waals surface area contributed by atoms with Crippen LogP contribution in [0.25, 0.3) is 0 Å². The minimum atomic E-state index is -0.373. The van der Waals surface area contributed by atoms with Crippen LogP contribution in [0.4, 0.5) is 0 Å². The van der Waals surface area contributed by atoms with Gasteiger partial charge in [-0.3, -0.25) is 0 Å². The minimum Gasteiger partial charge on any atom is -0.388 e. The van der Waals surface area contributed by atoms with Crippen molar-refractivity contribution < 1.29 is 9.84 Å². The molecule has 0 spiro atoms. The van der Waals surface area contributed by atoms with Crippen molar-refractivity contribution in [3.63, 3.8) is 0 Å². The lowest BCUT2D eigenvalue weighted by Crippen LogP contribution is -2.20. The summed E-state index contributed by atoms with van der Waals surface area (Å²) in [5, 5.41) is 10.5. The van der Waals surface area contributed by atoms with E-state index in [1.54, 1.807) is 0 Å². The number of hydrogen-bond acceptors (Lipinski definition) is 2. The lowest BCUT2D eigenvalue weighted by Gasteiger charge is -2.27. The molecule has 3 unspecified atom stereocenters. The van der Waals surface area contributed by atoms with Crippen LogP contribution in [0.15, 0.2) is 24.3 Å². The van der Waals surface area contributed by atoms with Gasteiger partial charge in [0, 0.05) is 12.5 Å². The van der Waals surface area contributed by atoms with E-state index < -0.39 is 0 Å². The highest BCUT2D eigenvalue weighted by Crippen LogP contribution is 2.39. The van der Waals surface area contributed by atoms with Gasteiger partial charge in [0.1, 0.15) is 0 Å². The molecule has 1 aliphatic carbocycles. The van der Waals surface area contributed by atoms with Crippen molar-refractivity contribution in [1.82, 2.24) is 0 Å². The second-order valence-electron chi connectivity index (χ2n) is 5.77. The maximum absolute atomic E-state index is 10.5. The van der Waals surface area contributed by atoms with Gasteiger partial charge in [0.05, 0.1) is 12.2 Å². The number of hydrogen-bond donors (Lipinski definition) is 1. The molecule has 1 N–H and O–H groups in total. The van der Waals surface area contributed by atoms with Crippen LogP contribution in [-0.2, 0) is 4.74 Å². The number of aliphatic hydroxyl groups excluding tert-OH is 1. The molecular formula is C16H22O2. The molecule has 2 heteroatoms. The smallest absolute Gasteiger partial charge is 0.0843 e. The summed E-state index contributed by atoms with van der Waals surface area (Å²) in [5.74, 6) is 0.982. The van der Waals surface area contributed by atoms with Gasteiger partial charge in [0.25, 0.3) is 0 Å². The summed E-state index contributed by atoms with van der Waals surface area (Å²) in [7, 11) is 0. The predicted molar refractivity (Wildman–Crippen MR) is 71.5 cm³/mol. The van der Waals surface area contributed by atoms with Crippen molar-refractivity contribution in [2.24, 2.45) is 5.92 Å². The van der Waals surface area contributed by atoms with E-state index in [1.807, 2.05) is 0 Å². The minimum absolute atomic E-state index is 0.173. The van der Waals surface area contributed by atoms with Crippen molar-refractivity contribution in [1.29, 1.82) is 0 Å². The molecule has 3 atom stereocenters. The van der Waals surface area contributed by atoms with E-state index >= 15 is 0 Å². The summed E-state index contributed by atoms with van der Waals surface area (Å²) in [6, 6.07) is 8.55. The Balaban J connectivity index is 1.78. The summed E-state index contributed by atoms with van der Waals surface area (Å²) in [6.45, 7) is 2.85. The molecule has 1 aromatic carbocycles. The third-order valence-electron chi connectivity index (χ3n) is 4.67. The second-order valence-corrected chi connectivity index (χ2v) is 5.77. The van der Waals surface area contributed by atoms with Crippen LogP contribution in [0, 0.1) is 5.92 Å². The summed E-state index contributed by atoms with van der Waals surface area (Å²) < 4.78 is 5.56. The van der Waals surface area contributed by atoms with E-state index in [2.05, 4.69) is 31.2 Å². The Bertz CT molecular complexity index is 411. The number of rotatable bonds is 3. The van der Waals surface area contributed by atoms with Gasteiger partial charge in [-0.25, -0.2) is 0 Å². The van der Waals surface area contributed by atoms with Gasteiger partial charge in [0.2, 0.25) is 0 Å². The SMILES string of the molecule is CC1OCCC1C(O)c1cccc(C2CCC2)c1. The van der Waals surface area contributed by atoms with Crippen molar-refractivity contribution in [2.75, 3.05) is 6.61 Å². The van der Waals surface area contributed by atoms with Gasteiger partial charge in [-0.1, -0.05) is 30.7 Å². The van der Waals surface area contributed by atoms with Gasteiger partial charge >= 0.3 is 0 Å².